The zero-order valence-corrected chi connectivity index (χ0v) is 15.3. The van der Waals surface area contributed by atoms with Crippen molar-refractivity contribution in [3.63, 3.8) is 0 Å². The Morgan fingerprint density at radius 3 is 2.42 bits per heavy atom. The summed E-state index contributed by atoms with van der Waals surface area (Å²) in [4.78, 5) is 60.1. The van der Waals surface area contributed by atoms with Gasteiger partial charge in [-0.25, -0.2) is 9.59 Å². The minimum absolute atomic E-state index is 0.0760. The average molecular weight is 368 g/mol. The summed E-state index contributed by atoms with van der Waals surface area (Å²) >= 11 is 0. The fraction of sp³-hybridized carbons (Fsp3) is 0.688. The van der Waals surface area contributed by atoms with Crippen LogP contribution < -0.4 is 16.0 Å². The molecule has 0 aromatic heterocycles. The van der Waals surface area contributed by atoms with Crippen molar-refractivity contribution >= 4 is 29.8 Å². The van der Waals surface area contributed by atoms with Crippen molar-refractivity contribution in [2.45, 2.75) is 51.6 Å². The molecule has 2 fully saturated rings. The van der Waals surface area contributed by atoms with Crippen molar-refractivity contribution in [3.05, 3.63) is 0 Å². The van der Waals surface area contributed by atoms with Crippen LogP contribution in [0.2, 0.25) is 0 Å². The summed E-state index contributed by atoms with van der Waals surface area (Å²) in [6, 6.07) is -1.37. The molecular formula is C16H24N4O6. The molecule has 0 radical (unpaired) electrons. The largest absolute Gasteiger partial charge is 0.454 e. The lowest BCUT2D eigenvalue weighted by molar-refractivity contribution is -0.150. The molecular weight excluding hydrogens is 344 g/mol. The molecule has 1 aliphatic carbocycles. The normalized spacial score (nSPS) is 22.7. The van der Waals surface area contributed by atoms with Crippen molar-refractivity contribution in [2.24, 2.45) is 5.92 Å². The second-order valence-electron chi connectivity index (χ2n) is 7.71. The standard InChI is InChI=1S/C16H24N4O6/c1-15(2,3)18-13(24)17-10(21)8-26-11(22)7-20-12(23)16(4,9-5-6-9)19-14(20)25/h9H,5-8H2,1-4H3,(H,19,25)(H2,17,18,21,24)/t16-/m0/s1. The monoisotopic (exact) mass is 368 g/mol. The Hall–Kier alpha value is -2.65. The van der Waals surface area contributed by atoms with Gasteiger partial charge in [-0.3, -0.25) is 24.6 Å². The number of nitrogens with zero attached hydrogens (tertiary/aromatic N) is 1. The summed E-state index contributed by atoms with van der Waals surface area (Å²) in [5.41, 5.74) is -1.52. The van der Waals surface area contributed by atoms with Gasteiger partial charge in [-0.05, 0) is 46.5 Å². The summed E-state index contributed by atoms with van der Waals surface area (Å²) in [5.74, 6) is -2.14. The zero-order valence-electron chi connectivity index (χ0n) is 15.3. The third-order valence-electron chi connectivity index (χ3n) is 4.09. The third-order valence-corrected chi connectivity index (χ3v) is 4.09. The molecule has 1 saturated carbocycles. The molecule has 3 N–H and O–H groups in total. The molecule has 0 spiro atoms. The molecule has 0 unspecified atom stereocenters. The van der Waals surface area contributed by atoms with Gasteiger partial charge in [-0.2, -0.15) is 0 Å². The van der Waals surface area contributed by atoms with E-state index in [1.54, 1.807) is 27.7 Å². The number of urea groups is 2. The Kier molecular flexibility index (Phi) is 5.24. The molecule has 6 amide bonds. The maximum absolute atomic E-state index is 12.4. The van der Waals surface area contributed by atoms with Gasteiger partial charge in [0, 0.05) is 5.54 Å². The van der Waals surface area contributed by atoms with E-state index in [1.165, 1.54) is 0 Å². The van der Waals surface area contributed by atoms with E-state index < -0.39 is 54.1 Å². The van der Waals surface area contributed by atoms with E-state index in [-0.39, 0.29) is 5.92 Å². The van der Waals surface area contributed by atoms with Crippen LogP contribution in [-0.2, 0) is 19.1 Å². The average Bonchev–Trinajstić information content (AvgIpc) is 3.29. The van der Waals surface area contributed by atoms with Gasteiger partial charge in [-0.15, -0.1) is 0 Å². The molecule has 10 heteroatoms. The molecule has 1 heterocycles. The van der Waals surface area contributed by atoms with E-state index in [2.05, 4.69) is 10.6 Å². The number of nitrogens with one attached hydrogen (secondary N) is 3. The number of hydrogen-bond donors (Lipinski definition) is 3. The molecule has 2 rings (SSSR count). The topological polar surface area (TPSA) is 134 Å². The van der Waals surface area contributed by atoms with Crippen LogP contribution in [0.4, 0.5) is 9.59 Å². The lowest BCUT2D eigenvalue weighted by Crippen LogP contribution is -2.49. The van der Waals surface area contributed by atoms with Crippen molar-refractivity contribution in [1.82, 2.24) is 20.9 Å². The summed E-state index contributed by atoms with van der Waals surface area (Å²) in [6.45, 7) is 5.58. The molecule has 10 nitrogen and oxygen atoms in total. The first kappa shape index (κ1) is 19.7. The van der Waals surface area contributed by atoms with E-state index in [1.807, 2.05) is 5.32 Å². The molecule has 0 aromatic rings. The number of hydrogen-bond acceptors (Lipinski definition) is 6. The SMILES string of the molecule is CC(C)(C)NC(=O)NC(=O)COC(=O)CN1C(=O)N[C@@](C)(C2CC2)C1=O. The Morgan fingerprint density at radius 2 is 1.88 bits per heavy atom. The summed E-state index contributed by atoms with van der Waals surface area (Å²) in [5, 5.41) is 7.14. The molecule has 144 valence electrons. The summed E-state index contributed by atoms with van der Waals surface area (Å²) in [7, 11) is 0. The molecule has 0 bridgehead atoms. The van der Waals surface area contributed by atoms with Crippen LogP contribution >= 0.6 is 0 Å². The van der Waals surface area contributed by atoms with Gasteiger partial charge in [0.2, 0.25) is 0 Å². The van der Waals surface area contributed by atoms with Gasteiger partial charge in [0.05, 0.1) is 0 Å². The van der Waals surface area contributed by atoms with Gasteiger partial charge in [0.15, 0.2) is 6.61 Å². The lowest BCUT2D eigenvalue weighted by Gasteiger charge is -2.21. The van der Waals surface area contributed by atoms with E-state index in [4.69, 9.17) is 4.74 Å². The van der Waals surface area contributed by atoms with E-state index >= 15 is 0 Å². The van der Waals surface area contributed by atoms with Crippen LogP contribution in [-0.4, -0.2) is 59.0 Å². The van der Waals surface area contributed by atoms with Crippen LogP contribution in [0.5, 0.6) is 0 Å². The Bertz CT molecular complexity index is 652. The zero-order chi connectivity index (χ0) is 19.7. The first-order valence-corrected chi connectivity index (χ1v) is 8.34. The second-order valence-corrected chi connectivity index (χ2v) is 7.71. The smallest absolute Gasteiger partial charge is 0.326 e. The highest BCUT2D eigenvalue weighted by Crippen LogP contribution is 2.42. The first-order valence-electron chi connectivity index (χ1n) is 8.34. The van der Waals surface area contributed by atoms with E-state index in [0.717, 1.165) is 17.7 Å². The molecule has 1 atom stereocenters. The molecule has 1 aliphatic heterocycles. The number of carbonyl (C=O) groups excluding carboxylic acids is 5. The maximum Gasteiger partial charge on any atom is 0.326 e. The number of esters is 1. The van der Waals surface area contributed by atoms with Gasteiger partial charge < -0.3 is 15.4 Å². The van der Waals surface area contributed by atoms with Crippen molar-refractivity contribution < 1.29 is 28.7 Å². The predicted octanol–water partition coefficient (Wildman–Crippen LogP) is -0.126. The number of amides is 6. The highest BCUT2D eigenvalue weighted by molar-refractivity contribution is 6.09. The molecule has 1 saturated heterocycles. The number of ether oxygens (including phenoxy) is 1. The van der Waals surface area contributed by atoms with Crippen LogP contribution in [0.15, 0.2) is 0 Å². The van der Waals surface area contributed by atoms with Crippen LogP contribution in [0.25, 0.3) is 0 Å². The van der Waals surface area contributed by atoms with Gasteiger partial charge >= 0.3 is 18.0 Å². The van der Waals surface area contributed by atoms with Gasteiger partial charge in [0.1, 0.15) is 12.1 Å². The van der Waals surface area contributed by atoms with Crippen molar-refractivity contribution in [3.8, 4) is 0 Å². The van der Waals surface area contributed by atoms with E-state index in [9.17, 15) is 24.0 Å². The highest BCUT2D eigenvalue weighted by Gasteiger charge is 2.56. The molecule has 0 aromatic carbocycles. The first-order chi connectivity index (χ1) is 11.9. The second kappa shape index (κ2) is 6.93. The minimum Gasteiger partial charge on any atom is -0.454 e. The van der Waals surface area contributed by atoms with Crippen LogP contribution in [0.1, 0.15) is 40.5 Å². The Labute approximate surface area is 151 Å². The maximum atomic E-state index is 12.4. The van der Waals surface area contributed by atoms with Crippen LogP contribution in [0.3, 0.4) is 0 Å². The fourth-order valence-corrected chi connectivity index (χ4v) is 2.65. The Balaban J connectivity index is 1.78. The Morgan fingerprint density at radius 1 is 1.27 bits per heavy atom. The van der Waals surface area contributed by atoms with Crippen molar-refractivity contribution in [2.75, 3.05) is 13.2 Å². The van der Waals surface area contributed by atoms with Crippen LogP contribution in [0, 0.1) is 5.92 Å². The predicted molar refractivity (Wildman–Crippen MR) is 88.8 cm³/mol. The van der Waals surface area contributed by atoms with E-state index in [0.29, 0.717) is 0 Å². The number of imide groups is 2. The molecule has 2 aliphatic rings. The minimum atomic E-state index is -0.986. The summed E-state index contributed by atoms with van der Waals surface area (Å²) in [6.07, 6.45) is 1.69. The number of rotatable bonds is 5. The van der Waals surface area contributed by atoms with Crippen molar-refractivity contribution in [1.29, 1.82) is 0 Å². The quantitative estimate of drug-likeness (QED) is 0.457. The van der Waals surface area contributed by atoms with Gasteiger partial charge in [-0.1, -0.05) is 0 Å². The third kappa shape index (κ3) is 4.70. The fourth-order valence-electron chi connectivity index (χ4n) is 2.65. The van der Waals surface area contributed by atoms with Gasteiger partial charge in [0.25, 0.3) is 11.8 Å². The number of carbonyl (C=O) groups is 5. The highest BCUT2D eigenvalue weighted by atomic mass is 16.5. The summed E-state index contributed by atoms with van der Waals surface area (Å²) < 4.78 is 4.73. The molecule has 26 heavy (non-hydrogen) atoms. The lowest BCUT2D eigenvalue weighted by atomic mass is 9.96.